The highest BCUT2D eigenvalue weighted by atomic mass is 16.1. The lowest BCUT2D eigenvalue weighted by Crippen LogP contribution is -2.41. The van der Waals surface area contributed by atoms with E-state index in [0.717, 1.165) is 32.4 Å². The normalized spacial score (nSPS) is 18.8. The van der Waals surface area contributed by atoms with Crippen LogP contribution in [-0.2, 0) is 11.2 Å². The summed E-state index contributed by atoms with van der Waals surface area (Å²) in [5, 5.41) is 7.66. The second-order valence-electron chi connectivity index (χ2n) is 5.90. The number of hydrogen-bond donors (Lipinski definition) is 3. The van der Waals surface area contributed by atoms with Gasteiger partial charge in [0.15, 0.2) is 0 Å². The summed E-state index contributed by atoms with van der Waals surface area (Å²) in [6, 6.07) is 6.29. The van der Waals surface area contributed by atoms with Gasteiger partial charge in [0, 0.05) is 30.2 Å². The predicted octanol–water partition coefficient (Wildman–Crippen LogP) is 2.13. The molecule has 21 heavy (non-hydrogen) atoms. The molecule has 1 amide bonds. The number of hydrogen-bond acceptors (Lipinski definition) is 2. The number of aromatic nitrogens is 1. The van der Waals surface area contributed by atoms with E-state index in [0.29, 0.717) is 6.54 Å². The quantitative estimate of drug-likeness (QED) is 0.806. The van der Waals surface area contributed by atoms with Crippen LogP contribution < -0.4 is 10.6 Å². The summed E-state index contributed by atoms with van der Waals surface area (Å²) in [4.78, 5) is 15.4. The van der Waals surface area contributed by atoms with E-state index in [1.807, 2.05) is 0 Å². The fraction of sp³-hybridized carbons (Fsp3) is 0.471. The molecule has 3 rings (SSSR count). The number of piperidine rings is 1. The van der Waals surface area contributed by atoms with E-state index in [-0.39, 0.29) is 11.8 Å². The number of carbonyl (C=O) groups excluding carboxylic acids is 1. The molecule has 4 nitrogen and oxygen atoms in total. The fourth-order valence-electron chi connectivity index (χ4n) is 3.19. The number of amides is 1. The minimum Gasteiger partial charge on any atom is -0.361 e. The largest absolute Gasteiger partial charge is 0.361 e. The smallest absolute Gasteiger partial charge is 0.224 e. The Labute approximate surface area is 125 Å². The lowest BCUT2D eigenvalue weighted by molar-refractivity contribution is -0.125. The Kier molecular flexibility index (Phi) is 4.25. The number of rotatable bonds is 4. The van der Waals surface area contributed by atoms with Crippen LogP contribution in [0.2, 0.25) is 0 Å². The third-order valence-corrected chi connectivity index (χ3v) is 4.36. The third-order valence-electron chi connectivity index (χ3n) is 4.36. The van der Waals surface area contributed by atoms with Gasteiger partial charge in [0.1, 0.15) is 0 Å². The monoisotopic (exact) mass is 285 g/mol. The van der Waals surface area contributed by atoms with E-state index < -0.39 is 0 Å². The molecule has 4 heteroatoms. The van der Waals surface area contributed by atoms with Gasteiger partial charge < -0.3 is 15.6 Å². The van der Waals surface area contributed by atoms with E-state index in [1.54, 1.807) is 0 Å². The highest BCUT2D eigenvalue weighted by Crippen LogP contribution is 2.22. The van der Waals surface area contributed by atoms with Crippen LogP contribution in [0, 0.1) is 12.8 Å². The first-order valence-corrected chi connectivity index (χ1v) is 7.79. The van der Waals surface area contributed by atoms with Crippen molar-refractivity contribution in [3.8, 4) is 0 Å². The lowest BCUT2D eigenvalue weighted by atomic mass is 9.99. The maximum absolute atomic E-state index is 12.1. The van der Waals surface area contributed by atoms with E-state index in [1.165, 1.54) is 22.0 Å². The number of aromatic amines is 1. The van der Waals surface area contributed by atoms with Crippen LogP contribution in [0.3, 0.4) is 0 Å². The molecule has 112 valence electrons. The molecular formula is C17H23N3O. The molecule has 0 saturated carbocycles. The van der Waals surface area contributed by atoms with E-state index >= 15 is 0 Å². The Bertz CT molecular complexity index is 626. The van der Waals surface area contributed by atoms with Crippen molar-refractivity contribution in [1.82, 2.24) is 15.6 Å². The van der Waals surface area contributed by atoms with Gasteiger partial charge in [-0.2, -0.15) is 0 Å². The van der Waals surface area contributed by atoms with E-state index in [2.05, 4.69) is 46.9 Å². The van der Waals surface area contributed by atoms with Crippen molar-refractivity contribution in [3.05, 3.63) is 35.5 Å². The van der Waals surface area contributed by atoms with Gasteiger partial charge >= 0.3 is 0 Å². The lowest BCUT2D eigenvalue weighted by Gasteiger charge is -2.21. The zero-order valence-corrected chi connectivity index (χ0v) is 12.5. The Balaban J connectivity index is 1.58. The number of aryl methyl sites for hydroxylation is 1. The van der Waals surface area contributed by atoms with Gasteiger partial charge in [0.05, 0.1) is 5.92 Å². The number of H-pyrrole nitrogens is 1. The predicted molar refractivity (Wildman–Crippen MR) is 85.3 cm³/mol. The highest BCUT2D eigenvalue weighted by molar-refractivity contribution is 5.86. The summed E-state index contributed by atoms with van der Waals surface area (Å²) in [5.41, 5.74) is 3.74. The molecular weight excluding hydrogens is 262 g/mol. The fourth-order valence-corrected chi connectivity index (χ4v) is 3.19. The van der Waals surface area contributed by atoms with Gasteiger partial charge in [-0.15, -0.1) is 0 Å². The standard InChI is InChI=1S/C17H23N3O/c1-12-4-2-6-15-16(12)13(11-20-15)7-9-19-17(21)14-5-3-8-18-10-14/h2,4,6,11,14,18,20H,3,5,7-10H2,1H3,(H,19,21). The van der Waals surface area contributed by atoms with Crippen molar-refractivity contribution < 1.29 is 4.79 Å². The van der Waals surface area contributed by atoms with Crippen molar-refractivity contribution in [2.45, 2.75) is 26.2 Å². The van der Waals surface area contributed by atoms with Crippen LogP contribution in [0.25, 0.3) is 10.9 Å². The molecule has 0 bridgehead atoms. The van der Waals surface area contributed by atoms with Gasteiger partial charge in [-0.25, -0.2) is 0 Å². The summed E-state index contributed by atoms with van der Waals surface area (Å²) < 4.78 is 0. The maximum Gasteiger partial charge on any atom is 0.224 e. The van der Waals surface area contributed by atoms with Crippen LogP contribution >= 0.6 is 0 Å². The number of fused-ring (bicyclic) bond motifs is 1. The van der Waals surface area contributed by atoms with Gasteiger partial charge in [0.2, 0.25) is 5.91 Å². The average molecular weight is 285 g/mol. The molecule has 2 aromatic rings. The molecule has 1 atom stereocenters. The minimum atomic E-state index is 0.142. The number of nitrogens with one attached hydrogen (secondary N) is 3. The van der Waals surface area contributed by atoms with Crippen molar-refractivity contribution in [2.24, 2.45) is 5.92 Å². The third kappa shape index (κ3) is 3.10. The molecule has 0 spiro atoms. The van der Waals surface area contributed by atoms with E-state index in [9.17, 15) is 4.79 Å². The minimum absolute atomic E-state index is 0.142. The zero-order valence-electron chi connectivity index (χ0n) is 12.5. The van der Waals surface area contributed by atoms with E-state index in [4.69, 9.17) is 0 Å². The molecule has 1 aliphatic heterocycles. The molecule has 3 N–H and O–H groups in total. The topological polar surface area (TPSA) is 56.9 Å². The van der Waals surface area contributed by atoms with Gasteiger partial charge in [0.25, 0.3) is 0 Å². The van der Waals surface area contributed by atoms with Crippen molar-refractivity contribution >= 4 is 16.8 Å². The Hall–Kier alpha value is -1.81. The van der Waals surface area contributed by atoms with Crippen LogP contribution in [-0.4, -0.2) is 30.5 Å². The summed E-state index contributed by atoms with van der Waals surface area (Å²) in [7, 11) is 0. The zero-order chi connectivity index (χ0) is 14.7. The van der Waals surface area contributed by atoms with Crippen molar-refractivity contribution in [3.63, 3.8) is 0 Å². The van der Waals surface area contributed by atoms with Gasteiger partial charge in [-0.1, -0.05) is 12.1 Å². The molecule has 1 fully saturated rings. The second kappa shape index (κ2) is 6.31. The average Bonchev–Trinajstić information content (AvgIpc) is 2.93. The number of carbonyl (C=O) groups is 1. The molecule has 1 aliphatic rings. The molecule has 1 aromatic heterocycles. The maximum atomic E-state index is 12.1. The molecule has 0 aliphatic carbocycles. The molecule has 1 aromatic carbocycles. The van der Waals surface area contributed by atoms with Crippen LogP contribution in [0.1, 0.15) is 24.0 Å². The van der Waals surface area contributed by atoms with Gasteiger partial charge in [-0.05, 0) is 49.9 Å². The summed E-state index contributed by atoms with van der Waals surface area (Å²) >= 11 is 0. The van der Waals surface area contributed by atoms with Crippen molar-refractivity contribution in [2.75, 3.05) is 19.6 Å². The Morgan fingerprint density at radius 3 is 3.14 bits per heavy atom. The SMILES string of the molecule is Cc1cccc2[nH]cc(CCNC(=O)C3CCCNC3)c12. The molecule has 2 heterocycles. The van der Waals surface area contributed by atoms with Crippen molar-refractivity contribution in [1.29, 1.82) is 0 Å². The summed E-state index contributed by atoms with van der Waals surface area (Å²) in [6.07, 6.45) is 5.04. The first kappa shape index (κ1) is 14.1. The second-order valence-corrected chi connectivity index (χ2v) is 5.90. The molecule has 0 radical (unpaired) electrons. The number of benzene rings is 1. The first-order chi connectivity index (χ1) is 10.3. The Morgan fingerprint density at radius 1 is 1.43 bits per heavy atom. The highest BCUT2D eigenvalue weighted by Gasteiger charge is 2.20. The van der Waals surface area contributed by atoms with Crippen LogP contribution in [0.4, 0.5) is 0 Å². The summed E-state index contributed by atoms with van der Waals surface area (Å²) in [6.45, 7) is 4.69. The van der Waals surface area contributed by atoms with Gasteiger partial charge in [-0.3, -0.25) is 4.79 Å². The first-order valence-electron chi connectivity index (χ1n) is 7.79. The Morgan fingerprint density at radius 2 is 2.33 bits per heavy atom. The summed E-state index contributed by atoms with van der Waals surface area (Å²) in [5.74, 6) is 0.335. The molecule has 1 saturated heterocycles. The van der Waals surface area contributed by atoms with Crippen LogP contribution in [0.15, 0.2) is 24.4 Å². The van der Waals surface area contributed by atoms with Crippen LogP contribution in [0.5, 0.6) is 0 Å². The molecule has 1 unspecified atom stereocenters.